The van der Waals surface area contributed by atoms with Crippen molar-refractivity contribution in [2.45, 2.75) is 70.6 Å². The summed E-state index contributed by atoms with van der Waals surface area (Å²) in [5, 5.41) is 1.93. The Morgan fingerprint density at radius 3 is 2.05 bits per heavy atom. The van der Waals surface area contributed by atoms with E-state index in [-0.39, 0.29) is 0 Å². The van der Waals surface area contributed by atoms with Gasteiger partial charge in [-0.05, 0) is 23.7 Å². The molecular formula is C17H30OSi2. The Labute approximate surface area is 126 Å². The van der Waals surface area contributed by atoms with Gasteiger partial charge in [0.1, 0.15) is 0 Å². The minimum atomic E-state index is -1.62. The van der Waals surface area contributed by atoms with Crippen molar-refractivity contribution in [1.82, 2.24) is 0 Å². The van der Waals surface area contributed by atoms with Gasteiger partial charge in [-0.1, -0.05) is 75.3 Å². The van der Waals surface area contributed by atoms with Gasteiger partial charge in [0.25, 0.3) is 0 Å². The van der Waals surface area contributed by atoms with E-state index in [0.717, 1.165) is 6.61 Å². The highest BCUT2D eigenvalue weighted by atomic mass is 28.4. The van der Waals surface area contributed by atoms with Gasteiger partial charge < -0.3 is 4.43 Å². The van der Waals surface area contributed by atoms with Gasteiger partial charge in [0.05, 0.1) is 14.7 Å². The molecule has 1 heterocycles. The molecule has 1 aliphatic heterocycles. The average Bonchev–Trinajstić information content (AvgIpc) is 2.33. The Bertz CT molecular complexity index is 453. The van der Waals surface area contributed by atoms with Crippen LogP contribution in [-0.4, -0.2) is 16.4 Å². The van der Waals surface area contributed by atoms with Gasteiger partial charge in [0, 0.05) is 0 Å². The second-order valence-corrected chi connectivity index (χ2v) is 17.7. The van der Waals surface area contributed by atoms with Crippen molar-refractivity contribution in [2.24, 2.45) is 0 Å². The fraction of sp³-hybridized carbons (Fsp3) is 0.647. The van der Waals surface area contributed by atoms with E-state index in [4.69, 9.17) is 4.43 Å². The first-order chi connectivity index (χ1) is 9.14. The molecule has 0 aromatic heterocycles. The molecule has 0 radical (unpaired) electrons. The molecular weight excluding hydrogens is 276 g/mol. The minimum Gasteiger partial charge on any atom is -0.413 e. The zero-order valence-electron chi connectivity index (χ0n) is 14.0. The third kappa shape index (κ3) is 3.26. The van der Waals surface area contributed by atoms with Crippen molar-refractivity contribution >= 4 is 21.6 Å². The molecule has 0 N–H and O–H groups in total. The first-order valence-corrected chi connectivity index (χ1v) is 13.7. The molecule has 3 heteroatoms. The molecule has 0 amide bonds. The molecule has 1 aliphatic rings. The Hall–Kier alpha value is -0.386. The SMILES string of the molecule is CC(C)(C)[Si](C)(C)OCc1ccc([Si]2(C)CCC2)cc1. The summed E-state index contributed by atoms with van der Waals surface area (Å²) in [5.74, 6) is 0. The average molecular weight is 307 g/mol. The first-order valence-electron chi connectivity index (χ1n) is 7.87. The van der Waals surface area contributed by atoms with Crippen molar-refractivity contribution in [2.75, 3.05) is 0 Å². The first kappa shape index (κ1) is 16.0. The summed E-state index contributed by atoms with van der Waals surface area (Å²) in [6.45, 7) is 14.8. The Morgan fingerprint density at radius 2 is 1.65 bits per heavy atom. The lowest BCUT2D eigenvalue weighted by atomic mass is 10.2. The Balaban J connectivity index is 1.98. The van der Waals surface area contributed by atoms with Crippen molar-refractivity contribution in [3.05, 3.63) is 29.8 Å². The van der Waals surface area contributed by atoms with Crippen LogP contribution in [0.5, 0.6) is 0 Å². The fourth-order valence-corrected chi connectivity index (χ4v) is 6.40. The topological polar surface area (TPSA) is 9.23 Å². The van der Waals surface area contributed by atoms with E-state index >= 15 is 0 Å². The molecule has 0 aliphatic carbocycles. The Morgan fingerprint density at radius 1 is 1.10 bits per heavy atom. The fourth-order valence-electron chi connectivity index (χ4n) is 2.48. The molecule has 1 saturated heterocycles. The molecule has 1 nitrogen and oxygen atoms in total. The van der Waals surface area contributed by atoms with Gasteiger partial charge in [0.15, 0.2) is 8.32 Å². The van der Waals surface area contributed by atoms with Crippen LogP contribution in [0.4, 0.5) is 0 Å². The number of benzene rings is 1. The highest BCUT2D eigenvalue weighted by Crippen LogP contribution is 2.37. The van der Waals surface area contributed by atoms with Crippen LogP contribution in [0.25, 0.3) is 0 Å². The molecule has 0 unspecified atom stereocenters. The largest absolute Gasteiger partial charge is 0.413 e. The number of hydrogen-bond acceptors (Lipinski definition) is 1. The van der Waals surface area contributed by atoms with Gasteiger partial charge in [-0.3, -0.25) is 0 Å². The van der Waals surface area contributed by atoms with E-state index in [1.165, 1.54) is 24.1 Å². The van der Waals surface area contributed by atoms with Crippen LogP contribution < -0.4 is 5.19 Å². The van der Waals surface area contributed by atoms with Crippen LogP contribution in [-0.2, 0) is 11.0 Å². The van der Waals surface area contributed by atoms with Gasteiger partial charge in [0.2, 0.25) is 0 Å². The normalized spacial score (nSPS) is 18.7. The van der Waals surface area contributed by atoms with Crippen molar-refractivity contribution < 1.29 is 4.43 Å². The van der Waals surface area contributed by atoms with Gasteiger partial charge in [-0.25, -0.2) is 0 Å². The van der Waals surface area contributed by atoms with Crippen LogP contribution in [0.2, 0.25) is 36.8 Å². The summed E-state index contributed by atoms with van der Waals surface area (Å²) in [5.41, 5.74) is 1.33. The molecule has 1 aromatic rings. The van der Waals surface area contributed by atoms with E-state index in [2.05, 4.69) is 64.7 Å². The molecule has 1 aromatic carbocycles. The maximum absolute atomic E-state index is 6.30. The van der Waals surface area contributed by atoms with Crippen LogP contribution >= 0.6 is 0 Å². The third-order valence-electron chi connectivity index (χ3n) is 5.51. The van der Waals surface area contributed by atoms with Gasteiger partial charge >= 0.3 is 0 Å². The second kappa shape index (κ2) is 5.43. The van der Waals surface area contributed by atoms with E-state index in [1.807, 2.05) is 0 Å². The van der Waals surface area contributed by atoms with E-state index < -0.39 is 16.4 Å². The van der Waals surface area contributed by atoms with Crippen LogP contribution in [0.3, 0.4) is 0 Å². The molecule has 2 rings (SSSR count). The van der Waals surface area contributed by atoms with E-state index in [1.54, 1.807) is 5.19 Å². The standard InChI is InChI=1S/C17H30OSi2/c1-17(2,3)19(4,5)18-14-15-8-10-16(11-9-15)20(6)12-7-13-20/h8-11H,7,12-14H2,1-6H3. The van der Waals surface area contributed by atoms with E-state index in [9.17, 15) is 0 Å². The monoisotopic (exact) mass is 306 g/mol. The van der Waals surface area contributed by atoms with Crippen molar-refractivity contribution in [3.8, 4) is 0 Å². The number of hydrogen-bond donors (Lipinski definition) is 0. The molecule has 0 spiro atoms. The lowest BCUT2D eigenvalue weighted by Gasteiger charge is -2.37. The predicted octanol–water partition coefficient (Wildman–Crippen LogP) is 4.90. The predicted molar refractivity (Wildman–Crippen MR) is 93.9 cm³/mol. The zero-order chi connectivity index (χ0) is 15.0. The maximum atomic E-state index is 6.30. The molecule has 1 fully saturated rings. The van der Waals surface area contributed by atoms with Gasteiger partial charge in [-0.15, -0.1) is 0 Å². The summed E-state index contributed by atoms with van der Waals surface area (Å²) >= 11 is 0. The zero-order valence-corrected chi connectivity index (χ0v) is 16.0. The van der Waals surface area contributed by atoms with Gasteiger partial charge in [-0.2, -0.15) is 0 Å². The maximum Gasteiger partial charge on any atom is 0.192 e. The van der Waals surface area contributed by atoms with Crippen LogP contribution in [0, 0.1) is 0 Å². The Kier molecular flexibility index (Phi) is 4.34. The lowest BCUT2D eigenvalue weighted by Crippen LogP contribution is -2.50. The molecule has 112 valence electrons. The summed E-state index contributed by atoms with van der Waals surface area (Å²) in [6.07, 6.45) is 1.44. The highest BCUT2D eigenvalue weighted by molar-refractivity contribution is 6.92. The molecule has 0 bridgehead atoms. The minimum absolute atomic E-state index is 0.291. The smallest absolute Gasteiger partial charge is 0.192 e. The summed E-state index contributed by atoms with van der Waals surface area (Å²) in [7, 11) is -2.64. The molecule has 0 atom stereocenters. The van der Waals surface area contributed by atoms with Crippen LogP contribution in [0.1, 0.15) is 32.8 Å². The van der Waals surface area contributed by atoms with Crippen LogP contribution in [0.15, 0.2) is 24.3 Å². The van der Waals surface area contributed by atoms with Crippen molar-refractivity contribution in [3.63, 3.8) is 0 Å². The van der Waals surface area contributed by atoms with Crippen molar-refractivity contribution in [1.29, 1.82) is 0 Å². The second-order valence-electron chi connectivity index (χ2n) is 8.16. The third-order valence-corrected chi connectivity index (χ3v) is 14.6. The highest BCUT2D eigenvalue weighted by Gasteiger charge is 2.37. The number of rotatable bonds is 4. The summed E-state index contributed by atoms with van der Waals surface area (Å²) < 4.78 is 6.30. The molecule has 20 heavy (non-hydrogen) atoms. The molecule has 0 saturated carbocycles. The summed E-state index contributed by atoms with van der Waals surface area (Å²) in [4.78, 5) is 0. The van der Waals surface area contributed by atoms with E-state index in [0.29, 0.717) is 5.04 Å². The lowest BCUT2D eigenvalue weighted by molar-refractivity contribution is 0.276. The quantitative estimate of drug-likeness (QED) is 0.719. The summed E-state index contributed by atoms with van der Waals surface area (Å²) in [6, 6.07) is 12.3.